The van der Waals surface area contributed by atoms with E-state index in [0.29, 0.717) is 23.9 Å². The summed E-state index contributed by atoms with van der Waals surface area (Å²) in [7, 11) is 0. The SMILES string of the molecule is O=C(NCC(O)C1CCCC1)c1cccc(-c2ncn[nH]2)c1. The van der Waals surface area contributed by atoms with Crippen LogP contribution in [0.15, 0.2) is 30.6 Å². The fraction of sp³-hybridized carbons (Fsp3) is 0.438. The van der Waals surface area contributed by atoms with Gasteiger partial charge in [0.1, 0.15) is 6.33 Å². The highest BCUT2D eigenvalue weighted by Gasteiger charge is 2.23. The molecule has 6 nitrogen and oxygen atoms in total. The third kappa shape index (κ3) is 3.33. The monoisotopic (exact) mass is 300 g/mol. The van der Waals surface area contributed by atoms with E-state index in [0.717, 1.165) is 18.4 Å². The van der Waals surface area contributed by atoms with E-state index >= 15 is 0 Å². The van der Waals surface area contributed by atoms with Crippen LogP contribution in [-0.2, 0) is 0 Å². The van der Waals surface area contributed by atoms with Crippen molar-refractivity contribution in [2.75, 3.05) is 6.54 Å². The number of carbonyl (C=O) groups excluding carboxylic acids is 1. The van der Waals surface area contributed by atoms with Gasteiger partial charge in [-0.15, -0.1) is 0 Å². The average Bonchev–Trinajstić information content (AvgIpc) is 3.25. The lowest BCUT2D eigenvalue weighted by atomic mass is 10.0. The molecule has 0 bridgehead atoms. The molecule has 1 heterocycles. The van der Waals surface area contributed by atoms with Crippen LogP contribution in [0.2, 0.25) is 0 Å². The van der Waals surface area contributed by atoms with Gasteiger partial charge >= 0.3 is 0 Å². The molecule has 1 aliphatic rings. The predicted octanol–water partition coefficient (Wildman–Crippen LogP) is 1.75. The van der Waals surface area contributed by atoms with Crippen molar-refractivity contribution in [1.82, 2.24) is 20.5 Å². The number of aliphatic hydroxyl groups is 1. The molecule has 1 unspecified atom stereocenters. The van der Waals surface area contributed by atoms with Crippen LogP contribution in [-0.4, -0.2) is 38.8 Å². The average molecular weight is 300 g/mol. The Balaban J connectivity index is 1.61. The summed E-state index contributed by atoms with van der Waals surface area (Å²) in [5.41, 5.74) is 1.36. The molecule has 116 valence electrons. The first-order chi connectivity index (χ1) is 10.7. The first-order valence-electron chi connectivity index (χ1n) is 7.66. The van der Waals surface area contributed by atoms with Crippen molar-refractivity contribution in [2.45, 2.75) is 31.8 Å². The molecule has 0 radical (unpaired) electrons. The van der Waals surface area contributed by atoms with Crippen LogP contribution < -0.4 is 5.32 Å². The number of hydrogen-bond acceptors (Lipinski definition) is 4. The number of carbonyl (C=O) groups is 1. The van der Waals surface area contributed by atoms with E-state index in [9.17, 15) is 9.90 Å². The molecule has 1 atom stereocenters. The minimum Gasteiger partial charge on any atom is -0.391 e. The number of rotatable bonds is 5. The van der Waals surface area contributed by atoms with Crippen LogP contribution in [0, 0.1) is 5.92 Å². The number of amides is 1. The summed E-state index contributed by atoms with van der Waals surface area (Å²) in [5.74, 6) is 0.764. The van der Waals surface area contributed by atoms with Crippen LogP contribution in [0.1, 0.15) is 36.0 Å². The van der Waals surface area contributed by atoms with Crippen molar-refractivity contribution in [3.8, 4) is 11.4 Å². The van der Waals surface area contributed by atoms with Crippen LogP contribution in [0.5, 0.6) is 0 Å². The van der Waals surface area contributed by atoms with Gasteiger partial charge in [-0.25, -0.2) is 4.98 Å². The fourth-order valence-electron chi connectivity index (χ4n) is 2.96. The maximum absolute atomic E-state index is 12.2. The number of aromatic nitrogens is 3. The normalized spacial score (nSPS) is 16.6. The zero-order valence-electron chi connectivity index (χ0n) is 12.3. The largest absolute Gasteiger partial charge is 0.391 e. The quantitative estimate of drug-likeness (QED) is 0.784. The molecule has 1 aromatic carbocycles. The molecule has 0 saturated heterocycles. The molecule has 1 aliphatic carbocycles. The van der Waals surface area contributed by atoms with Crippen LogP contribution in [0.25, 0.3) is 11.4 Å². The molecular formula is C16H20N4O2. The molecule has 1 fully saturated rings. The number of nitrogens with zero attached hydrogens (tertiary/aromatic N) is 2. The van der Waals surface area contributed by atoms with E-state index < -0.39 is 6.10 Å². The standard InChI is InChI=1S/C16H20N4O2/c21-14(11-4-1-2-5-11)9-17-16(22)13-7-3-6-12(8-13)15-18-10-19-20-15/h3,6-8,10-11,14,21H,1-2,4-5,9H2,(H,17,22)(H,18,19,20). The van der Waals surface area contributed by atoms with Gasteiger partial charge in [0.15, 0.2) is 5.82 Å². The number of hydrogen-bond donors (Lipinski definition) is 3. The lowest BCUT2D eigenvalue weighted by Crippen LogP contribution is -2.35. The summed E-state index contributed by atoms with van der Waals surface area (Å²) in [6.07, 6.45) is 5.43. The summed E-state index contributed by atoms with van der Waals surface area (Å²) in [6, 6.07) is 7.18. The Morgan fingerprint density at radius 1 is 1.41 bits per heavy atom. The van der Waals surface area contributed by atoms with E-state index in [2.05, 4.69) is 20.5 Å². The summed E-state index contributed by atoms with van der Waals surface area (Å²) < 4.78 is 0. The van der Waals surface area contributed by atoms with Crippen molar-refractivity contribution in [2.24, 2.45) is 5.92 Å². The second-order valence-corrected chi connectivity index (χ2v) is 5.74. The van der Waals surface area contributed by atoms with Crippen molar-refractivity contribution >= 4 is 5.91 Å². The van der Waals surface area contributed by atoms with Crippen LogP contribution in [0.4, 0.5) is 0 Å². The number of benzene rings is 1. The molecule has 0 aliphatic heterocycles. The maximum Gasteiger partial charge on any atom is 0.251 e. The minimum atomic E-state index is -0.455. The lowest BCUT2D eigenvalue weighted by Gasteiger charge is -2.18. The van der Waals surface area contributed by atoms with Crippen molar-refractivity contribution < 1.29 is 9.90 Å². The van der Waals surface area contributed by atoms with E-state index in [1.807, 2.05) is 6.07 Å². The minimum absolute atomic E-state index is 0.182. The Morgan fingerprint density at radius 3 is 2.95 bits per heavy atom. The Morgan fingerprint density at radius 2 is 2.23 bits per heavy atom. The molecule has 3 N–H and O–H groups in total. The van der Waals surface area contributed by atoms with E-state index in [1.54, 1.807) is 18.2 Å². The summed E-state index contributed by atoms with van der Waals surface area (Å²) >= 11 is 0. The Labute approximate surface area is 129 Å². The molecule has 2 aromatic rings. The zero-order chi connectivity index (χ0) is 15.4. The van der Waals surface area contributed by atoms with E-state index in [4.69, 9.17) is 0 Å². The Hall–Kier alpha value is -2.21. The molecule has 6 heteroatoms. The third-order valence-electron chi connectivity index (χ3n) is 4.23. The highest BCUT2D eigenvalue weighted by molar-refractivity contribution is 5.95. The van der Waals surface area contributed by atoms with Crippen LogP contribution >= 0.6 is 0 Å². The number of H-pyrrole nitrogens is 1. The first kappa shape index (κ1) is 14.7. The van der Waals surface area contributed by atoms with Gasteiger partial charge in [0.2, 0.25) is 0 Å². The lowest BCUT2D eigenvalue weighted by molar-refractivity contribution is 0.0840. The maximum atomic E-state index is 12.2. The Kier molecular flexibility index (Phi) is 4.48. The van der Waals surface area contributed by atoms with Crippen LogP contribution in [0.3, 0.4) is 0 Å². The van der Waals surface area contributed by atoms with Gasteiger partial charge in [-0.2, -0.15) is 5.10 Å². The molecular weight excluding hydrogens is 280 g/mol. The van der Waals surface area contributed by atoms with Gasteiger partial charge in [-0.3, -0.25) is 9.89 Å². The molecule has 1 amide bonds. The summed E-state index contributed by atoms with van der Waals surface area (Å²) in [4.78, 5) is 16.3. The summed E-state index contributed by atoms with van der Waals surface area (Å²) in [5, 5.41) is 19.5. The number of aromatic amines is 1. The first-order valence-corrected chi connectivity index (χ1v) is 7.66. The van der Waals surface area contributed by atoms with Gasteiger partial charge in [0, 0.05) is 17.7 Å². The van der Waals surface area contributed by atoms with E-state index in [1.165, 1.54) is 19.2 Å². The van der Waals surface area contributed by atoms with E-state index in [-0.39, 0.29) is 5.91 Å². The second kappa shape index (κ2) is 6.70. The molecule has 0 spiro atoms. The molecule has 1 saturated carbocycles. The fourth-order valence-corrected chi connectivity index (χ4v) is 2.96. The van der Waals surface area contributed by atoms with Gasteiger partial charge in [0.25, 0.3) is 5.91 Å². The van der Waals surface area contributed by atoms with Gasteiger partial charge in [0.05, 0.1) is 6.10 Å². The zero-order valence-corrected chi connectivity index (χ0v) is 12.3. The molecule has 3 rings (SSSR count). The highest BCUT2D eigenvalue weighted by atomic mass is 16.3. The topological polar surface area (TPSA) is 90.9 Å². The van der Waals surface area contributed by atoms with Gasteiger partial charge in [-0.1, -0.05) is 25.0 Å². The van der Waals surface area contributed by atoms with Crippen molar-refractivity contribution in [3.05, 3.63) is 36.2 Å². The predicted molar refractivity (Wildman–Crippen MR) is 82.1 cm³/mol. The smallest absolute Gasteiger partial charge is 0.251 e. The van der Waals surface area contributed by atoms with Crippen molar-refractivity contribution in [1.29, 1.82) is 0 Å². The Bertz CT molecular complexity index is 621. The number of aliphatic hydroxyl groups excluding tert-OH is 1. The highest BCUT2D eigenvalue weighted by Crippen LogP contribution is 2.27. The molecule has 22 heavy (non-hydrogen) atoms. The summed E-state index contributed by atoms with van der Waals surface area (Å²) in [6.45, 7) is 0.302. The van der Waals surface area contributed by atoms with Gasteiger partial charge in [-0.05, 0) is 30.9 Å². The van der Waals surface area contributed by atoms with Crippen molar-refractivity contribution in [3.63, 3.8) is 0 Å². The second-order valence-electron chi connectivity index (χ2n) is 5.74. The van der Waals surface area contributed by atoms with Gasteiger partial charge < -0.3 is 10.4 Å². The number of nitrogens with one attached hydrogen (secondary N) is 2. The molecule has 1 aromatic heterocycles. The third-order valence-corrected chi connectivity index (χ3v) is 4.23.